The van der Waals surface area contributed by atoms with E-state index < -0.39 is 6.10 Å². The Kier molecular flexibility index (Phi) is 11.3. The maximum absolute atomic E-state index is 11.1. The highest BCUT2D eigenvalue weighted by atomic mass is 32.2. The van der Waals surface area contributed by atoms with Crippen LogP contribution in [0.5, 0.6) is 5.75 Å². The van der Waals surface area contributed by atoms with Gasteiger partial charge in [0.1, 0.15) is 5.75 Å². The topological polar surface area (TPSA) is 45.6 Å². The SMILES string of the molecule is CCCCSCCCN1CC[C@@H](CC[C@@H](O)c2ccnc3ccc(OC)cc23)[C@H](CCC)C1. The van der Waals surface area contributed by atoms with Gasteiger partial charge in [-0.15, -0.1) is 0 Å². The first-order valence-corrected chi connectivity index (χ1v) is 14.2. The van der Waals surface area contributed by atoms with Gasteiger partial charge in [-0.05, 0) is 105 Å². The van der Waals surface area contributed by atoms with E-state index in [1.807, 2.05) is 30.5 Å². The second-order valence-electron chi connectivity index (χ2n) is 9.59. The molecule has 0 amide bonds. The number of pyridine rings is 1. The maximum atomic E-state index is 11.1. The van der Waals surface area contributed by atoms with E-state index in [-0.39, 0.29) is 0 Å². The van der Waals surface area contributed by atoms with Gasteiger partial charge >= 0.3 is 0 Å². The van der Waals surface area contributed by atoms with E-state index in [4.69, 9.17) is 4.74 Å². The Morgan fingerprint density at radius 3 is 2.76 bits per heavy atom. The Morgan fingerprint density at radius 1 is 1.12 bits per heavy atom. The van der Waals surface area contributed by atoms with Gasteiger partial charge in [-0.1, -0.05) is 26.7 Å². The molecular weight excluding hydrogens is 428 g/mol. The van der Waals surface area contributed by atoms with Gasteiger partial charge in [0.25, 0.3) is 0 Å². The summed E-state index contributed by atoms with van der Waals surface area (Å²) in [6.45, 7) is 8.29. The zero-order valence-electron chi connectivity index (χ0n) is 21.0. The van der Waals surface area contributed by atoms with Crippen LogP contribution in [0.25, 0.3) is 10.9 Å². The summed E-state index contributed by atoms with van der Waals surface area (Å²) in [5.41, 5.74) is 1.89. The largest absolute Gasteiger partial charge is 0.497 e. The quantitative estimate of drug-likeness (QED) is 0.309. The average molecular weight is 473 g/mol. The van der Waals surface area contributed by atoms with Crippen molar-refractivity contribution >= 4 is 22.7 Å². The fourth-order valence-electron chi connectivity index (χ4n) is 5.27. The van der Waals surface area contributed by atoms with Crippen molar-refractivity contribution in [1.29, 1.82) is 0 Å². The van der Waals surface area contributed by atoms with E-state index >= 15 is 0 Å². The summed E-state index contributed by atoms with van der Waals surface area (Å²) >= 11 is 2.12. The molecule has 2 aromatic rings. The first kappa shape index (κ1) is 26.3. The lowest BCUT2D eigenvalue weighted by Crippen LogP contribution is -2.41. The number of aliphatic hydroxyl groups is 1. The molecule has 0 bridgehead atoms. The van der Waals surface area contributed by atoms with Crippen molar-refractivity contribution in [3.05, 3.63) is 36.0 Å². The first-order valence-electron chi connectivity index (χ1n) is 13.1. The van der Waals surface area contributed by atoms with E-state index in [1.165, 1.54) is 69.7 Å². The van der Waals surface area contributed by atoms with Crippen LogP contribution in [-0.2, 0) is 0 Å². The van der Waals surface area contributed by atoms with E-state index in [2.05, 4.69) is 35.5 Å². The van der Waals surface area contributed by atoms with Crippen molar-refractivity contribution in [2.24, 2.45) is 11.8 Å². The molecule has 4 nitrogen and oxygen atoms in total. The number of piperidine rings is 1. The first-order chi connectivity index (χ1) is 16.2. The number of thioether (sulfide) groups is 1. The molecule has 0 saturated carbocycles. The fraction of sp³-hybridized carbons (Fsp3) is 0.679. The summed E-state index contributed by atoms with van der Waals surface area (Å²) in [6.07, 6.45) is 11.1. The molecule has 1 fully saturated rings. The Hall–Kier alpha value is -1.30. The molecule has 5 heteroatoms. The molecule has 3 rings (SSSR count). The van der Waals surface area contributed by atoms with Crippen LogP contribution in [0.1, 0.15) is 76.9 Å². The van der Waals surface area contributed by atoms with Gasteiger partial charge in [0.05, 0.1) is 18.7 Å². The molecule has 184 valence electrons. The molecule has 1 N–H and O–H groups in total. The summed E-state index contributed by atoms with van der Waals surface area (Å²) in [5.74, 6) is 4.91. The summed E-state index contributed by atoms with van der Waals surface area (Å²) in [7, 11) is 1.68. The molecular formula is C28H44N2O2S. The normalized spacial score (nSPS) is 20.2. The Labute approximate surface area is 205 Å². The third kappa shape index (κ3) is 7.87. The van der Waals surface area contributed by atoms with Crippen molar-refractivity contribution in [3.8, 4) is 5.75 Å². The number of methoxy groups -OCH3 is 1. The number of hydrogen-bond acceptors (Lipinski definition) is 5. The van der Waals surface area contributed by atoms with E-state index in [0.29, 0.717) is 0 Å². The third-order valence-electron chi connectivity index (χ3n) is 7.19. The molecule has 0 spiro atoms. The Morgan fingerprint density at radius 2 is 1.97 bits per heavy atom. The van der Waals surface area contributed by atoms with Crippen molar-refractivity contribution in [2.75, 3.05) is 38.2 Å². The molecule has 1 aromatic carbocycles. The lowest BCUT2D eigenvalue weighted by atomic mass is 9.79. The van der Waals surface area contributed by atoms with Crippen LogP contribution in [-0.4, -0.2) is 53.2 Å². The molecule has 0 unspecified atom stereocenters. The number of aromatic nitrogens is 1. The number of ether oxygens (including phenoxy) is 1. The average Bonchev–Trinajstić information content (AvgIpc) is 2.84. The monoisotopic (exact) mass is 472 g/mol. The lowest BCUT2D eigenvalue weighted by molar-refractivity contribution is 0.0889. The van der Waals surface area contributed by atoms with E-state index in [9.17, 15) is 5.11 Å². The van der Waals surface area contributed by atoms with E-state index in [1.54, 1.807) is 7.11 Å². The van der Waals surface area contributed by atoms with Gasteiger partial charge in [0, 0.05) is 18.1 Å². The van der Waals surface area contributed by atoms with Crippen LogP contribution >= 0.6 is 11.8 Å². The highest BCUT2D eigenvalue weighted by Crippen LogP contribution is 2.35. The summed E-state index contributed by atoms with van der Waals surface area (Å²) in [6, 6.07) is 7.87. The summed E-state index contributed by atoms with van der Waals surface area (Å²) in [5, 5.41) is 12.1. The molecule has 0 radical (unpaired) electrons. The van der Waals surface area contributed by atoms with Gasteiger partial charge in [-0.25, -0.2) is 0 Å². The molecule has 1 aliphatic rings. The minimum absolute atomic E-state index is 0.456. The lowest BCUT2D eigenvalue weighted by Gasteiger charge is -2.39. The third-order valence-corrected chi connectivity index (χ3v) is 8.35. The molecule has 1 saturated heterocycles. The minimum atomic E-state index is -0.456. The van der Waals surface area contributed by atoms with Crippen LogP contribution < -0.4 is 4.74 Å². The highest BCUT2D eigenvalue weighted by molar-refractivity contribution is 7.99. The predicted molar refractivity (Wildman–Crippen MR) is 142 cm³/mol. The summed E-state index contributed by atoms with van der Waals surface area (Å²) < 4.78 is 5.40. The zero-order chi connectivity index (χ0) is 23.5. The standard InChI is InChI=1S/C28H44N2O2S/c1-4-6-18-33-19-7-16-30-17-14-22(23(21-30)8-5-2)9-12-28(31)25-13-15-29-27-11-10-24(32-3)20-26(25)27/h10-11,13,15,20,22-23,28,31H,4-9,12,14,16-19,21H2,1-3H3/t22-,23-,28-/m1/s1. The predicted octanol–water partition coefficient (Wildman–Crippen LogP) is 6.72. The molecule has 33 heavy (non-hydrogen) atoms. The van der Waals surface area contributed by atoms with Crippen molar-refractivity contribution in [1.82, 2.24) is 9.88 Å². The fourth-order valence-corrected chi connectivity index (χ4v) is 6.30. The van der Waals surface area contributed by atoms with Crippen molar-refractivity contribution < 1.29 is 9.84 Å². The van der Waals surface area contributed by atoms with Crippen LogP contribution in [0.15, 0.2) is 30.5 Å². The van der Waals surface area contributed by atoms with Gasteiger partial charge in [-0.2, -0.15) is 11.8 Å². The van der Waals surface area contributed by atoms with E-state index in [0.717, 1.165) is 46.9 Å². The molecule has 0 aliphatic carbocycles. The second-order valence-corrected chi connectivity index (χ2v) is 10.8. The smallest absolute Gasteiger partial charge is 0.119 e. The van der Waals surface area contributed by atoms with Gasteiger partial charge in [-0.3, -0.25) is 4.98 Å². The number of nitrogens with zero attached hydrogens (tertiary/aromatic N) is 2. The Bertz CT molecular complexity index is 831. The molecule has 1 aromatic heterocycles. The number of rotatable bonds is 14. The number of benzene rings is 1. The van der Waals surface area contributed by atoms with Crippen molar-refractivity contribution in [2.45, 2.75) is 71.3 Å². The number of fused-ring (bicyclic) bond motifs is 1. The Balaban J connectivity index is 1.52. The zero-order valence-corrected chi connectivity index (χ0v) is 21.8. The number of likely N-dealkylation sites (tertiary alicyclic amines) is 1. The second kappa shape index (κ2) is 14.2. The number of hydrogen-bond donors (Lipinski definition) is 1. The number of unbranched alkanes of at least 4 members (excludes halogenated alkanes) is 1. The van der Waals surface area contributed by atoms with Gasteiger partial charge in [0.15, 0.2) is 0 Å². The number of aliphatic hydroxyl groups excluding tert-OH is 1. The molecule has 2 heterocycles. The molecule has 1 aliphatic heterocycles. The minimum Gasteiger partial charge on any atom is -0.497 e. The summed E-state index contributed by atoms with van der Waals surface area (Å²) in [4.78, 5) is 7.17. The van der Waals surface area contributed by atoms with Gasteiger partial charge in [0.2, 0.25) is 0 Å². The van der Waals surface area contributed by atoms with Crippen LogP contribution in [0.4, 0.5) is 0 Å². The molecule has 3 atom stereocenters. The van der Waals surface area contributed by atoms with Crippen LogP contribution in [0, 0.1) is 11.8 Å². The maximum Gasteiger partial charge on any atom is 0.119 e. The van der Waals surface area contributed by atoms with Crippen molar-refractivity contribution in [3.63, 3.8) is 0 Å². The van der Waals surface area contributed by atoms with Gasteiger partial charge < -0.3 is 14.7 Å². The van der Waals surface area contributed by atoms with Crippen LogP contribution in [0.2, 0.25) is 0 Å². The highest BCUT2D eigenvalue weighted by Gasteiger charge is 2.29. The van der Waals surface area contributed by atoms with Crippen LogP contribution in [0.3, 0.4) is 0 Å².